The van der Waals surface area contributed by atoms with E-state index < -0.39 is 0 Å². The van der Waals surface area contributed by atoms with E-state index in [1.54, 1.807) is 11.3 Å². The zero-order valence-electron chi connectivity index (χ0n) is 13.4. The normalized spacial score (nSPS) is 18.1. The Kier molecular flexibility index (Phi) is 5.41. The highest BCUT2D eigenvalue weighted by molar-refractivity contribution is 7.09. The number of aryl methyl sites for hydroxylation is 1. The number of nitrogens with zero attached hydrogens (tertiary/aromatic N) is 2. The second kappa shape index (κ2) is 7.70. The van der Waals surface area contributed by atoms with Gasteiger partial charge >= 0.3 is 0 Å². The molecule has 0 N–H and O–H groups in total. The zero-order chi connectivity index (χ0) is 16.1. The third-order valence-corrected chi connectivity index (χ3v) is 5.15. The summed E-state index contributed by atoms with van der Waals surface area (Å²) in [6.07, 6.45) is 3.21. The number of thiazole rings is 1. The van der Waals surface area contributed by atoms with E-state index in [2.05, 4.69) is 10.4 Å². The Morgan fingerprint density at radius 2 is 2.17 bits per heavy atom. The van der Waals surface area contributed by atoms with Gasteiger partial charge in [0.15, 0.2) is 0 Å². The number of amides is 1. The average Bonchev–Trinajstić information content (AvgIpc) is 3.02. The van der Waals surface area contributed by atoms with Gasteiger partial charge in [-0.05, 0) is 31.7 Å². The van der Waals surface area contributed by atoms with Crippen molar-refractivity contribution in [3.8, 4) is 0 Å². The largest absolute Gasteiger partial charge is 0.367 e. The molecule has 2 heterocycles. The number of benzene rings is 1. The third kappa shape index (κ3) is 4.18. The summed E-state index contributed by atoms with van der Waals surface area (Å²) in [5.74, 6) is 0.0680. The fourth-order valence-electron chi connectivity index (χ4n) is 2.93. The number of carbonyl (C=O) groups is 1. The molecule has 1 amide bonds. The van der Waals surface area contributed by atoms with Gasteiger partial charge in [-0.1, -0.05) is 30.3 Å². The molecule has 4 nitrogen and oxygen atoms in total. The van der Waals surface area contributed by atoms with Gasteiger partial charge in [0, 0.05) is 17.6 Å². The van der Waals surface area contributed by atoms with Crippen molar-refractivity contribution in [3.05, 3.63) is 52.0 Å². The summed E-state index contributed by atoms with van der Waals surface area (Å²) in [6, 6.07) is 10.1. The molecule has 5 heteroatoms. The molecule has 1 atom stereocenters. The van der Waals surface area contributed by atoms with Crippen molar-refractivity contribution in [3.63, 3.8) is 0 Å². The van der Waals surface area contributed by atoms with Crippen LogP contribution >= 0.6 is 11.3 Å². The first-order valence-corrected chi connectivity index (χ1v) is 8.95. The van der Waals surface area contributed by atoms with Gasteiger partial charge in [0.25, 0.3) is 0 Å². The number of likely N-dealkylation sites (tertiary alicyclic amines) is 1. The van der Waals surface area contributed by atoms with Crippen molar-refractivity contribution in [2.75, 3.05) is 13.2 Å². The third-order valence-electron chi connectivity index (χ3n) is 4.08. The molecular weight excluding hydrogens is 308 g/mol. The van der Waals surface area contributed by atoms with Gasteiger partial charge < -0.3 is 9.64 Å². The van der Waals surface area contributed by atoms with Crippen LogP contribution in [0.4, 0.5) is 0 Å². The lowest BCUT2D eigenvalue weighted by molar-refractivity contribution is -0.140. The number of carbonyl (C=O) groups excluding carboxylic acids is 1. The number of ether oxygens (including phenoxy) is 1. The first-order chi connectivity index (χ1) is 11.2. The molecule has 122 valence electrons. The Balaban J connectivity index is 1.58. The SMILES string of the molecule is Cc1csc(C2CCCCN2C(=O)COCc2ccccc2)n1. The van der Waals surface area contributed by atoms with Crippen molar-refractivity contribution in [1.29, 1.82) is 0 Å². The van der Waals surface area contributed by atoms with E-state index >= 15 is 0 Å². The van der Waals surface area contributed by atoms with Crippen molar-refractivity contribution < 1.29 is 9.53 Å². The average molecular weight is 330 g/mol. The minimum atomic E-state index is 0.0680. The van der Waals surface area contributed by atoms with Crippen LogP contribution in [0.15, 0.2) is 35.7 Å². The van der Waals surface area contributed by atoms with Gasteiger partial charge in [0.2, 0.25) is 5.91 Å². The number of piperidine rings is 1. The van der Waals surface area contributed by atoms with Crippen LogP contribution in [0.2, 0.25) is 0 Å². The van der Waals surface area contributed by atoms with Gasteiger partial charge in [-0.3, -0.25) is 4.79 Å². The summed E-state index contributed by atoms with van der Waals surface area (Å²) in [4.78, 5) is 19.1. The predicted molar refractivity (Wildman–Crippen MR) is 91.3 cm³/mol. The van der Waals surface area contributed by atoms with Crippen molar-refractivity contribution in [2.24, 2.45) is 0 Å². The molecule has 1 aliphatic rings. The summed E-state index contributed by atoms with van der Waals surface area (Å²) in [5.41, 5.74) is 2.12. The van der Waals surface area contributed by atoms with Crippen LogP contribution in [0.3, 0.4) is 0 Å². The highest BCUT2D eigenvalue weighted by Gasteiger charge is 2.29. The maximum absolute atomic E-state index is 12.6. The van der Waals surface area contributed by atoms with Gasteiger partial charge in [0.05, 0.1) is 12.6 Å². The Hall–Kier alpha value is -1.72. The molecule has 1 fully saturated rings. The molecule has 3 rings (SSSR count). The predicted octanol–water partition coefficient (Wildman–Crippen LogP) is 3.72. The van der Waals surface area contributed by atoms with Gasteiger partial charge in [-0.2, -0.15) is 0 Å². The Labute approximate surface area is 141 Å². The molecule has 1 aromatic carbocycles. The van der Waals surface area contributed by atoms with Crippen LogP contribution in [0.5, 0.6) is 0 Å². The van der Waals surface area contributed by atoms with Crippen LogP contribution < -0.4 is 0 Å². The van der Waals surface area contributed by atoms with Crippen molar-refractivity contribution in [2.45, 2.75) is 38.8 Å². The van der Waals surface area contributed by atoms with E-state index in [1.807, 2.05) is 42.2 Å². The summed E-state index contributed by atoms with van der Waals surface area (Å²) >= 11 is 1.65. The summed E-state index contributed by atoms with van der Waals surface area (Å²) in [7, 11) is 0. The van der Waals surface area contributed by atoms with E-state index in [0.29, 0.717) is 6.61 Å². The van der Waals surface area contributed by atoms with E-state index in [9.17, 15) is 4.79 Å². The molecule has 0 aliphatic carbocycles. The summed E-state index contributed by atoms with van der Waals surface area (Å²) in [6.45, 7) is 3.41. The van der Waals surface area contributed by atoms with E-state index in [-0.39, 0.29) is 18.6 Å². The van der Waals surface area contributed by atoms with Crippen molar-refractivity contribution >= 4 is 17.2 Å². The molecule has 0 bridgehead atoms. The summed E-state index contributed by atoms with van der Waals surface area (Å²) < 4.78 is 5.62. The fraction of sp³-hybridized carbons (Fsp3) is 0.444. The number of hydrogen-bond donors (Lipinski definition) is 0. The molecule has 1 saturated heterocycles. The Bertz CT molecular complexity index is 641. The molecule has 2 aromatic rings. The molecular formula is C18H22N2O2S. The lowest BCUT2D eigenvalue weighted by Crippen LogP contribution is -2.40. The molecule has 1 aliphatic heterocycles. The smallest absolute Gasteiger partial charge is 0.249 e. The minimum Gasteiger partial charge on any atom is -0.367 e. The van der Waals surface area contributed by atoms with Gasteiger partial charge in [-0.15, -0.1) is 11.3 Å². The molecule has 1 unspecified atom stereocenters. The van der Waals surface area contributed by atoms with Gasteiger partial charge in [0.1, 0.15) is 11.6 Å². The lowest BCUT2D eigenvalue weighted by atomic mass is 10.0. The van der Waals surface area contributed by atoms with E-state index in [0.717, 1.165) is 42.1 Å². The fourth-order valence-corrected chi connectivity index (χ4v) is 3.87. The van der Waals surface area contributed by atoms with Crippen LogP contribution in [-0.2, 0) is 16.1 Å². The first-order valence-electron chi connectivity index (χ1n) is 8.07. The second-order valence-corrected chi connectivity index (χ2v) is 6.79. The quantitative estimate of drug-likeness (QED) is 0.839. The molecule has 1 aromatic heterocycles. The van der Waals surface area contributed by atoms with Crippen LogP contribution in [-0.4, -0.2) is 28.9 Å². The number of rotatable bonds is 5. The zero-order valence-corrected chi connectivity index (χ0v) is 14.2. The topological polar surface area (TPSA) is 42.4 Å². The molecule has 0 saturated carbocycles. The summed E-state index contributed by atoms with van der Waals surface area (Å²) in [5, 5.41) is 3.11. The molecule has 0 spiro atoms. The Morgan fingerprint density at radius 1 is 1.35 bits per heavy atom. The first kappa shape index (κ1) is 16.1. The highest BCUT2D eigenvalue weighted by atomic mass is 32.1. The second-order valence-electron chi connectivity index (χ2n) is 5.90. The lowest BCUT2D eigenvalue weighted by Gasteiger charge is -2.34. The maximum Gasteiger partial charge on any atom is 0.249 e. The van der Waals surface area contributed by atoms with Crippen molar-refractivity contribution in [1.82, 2.24) is 9.88 Å². The Morgan fingerprint density at radius 3 is 2.91 bits per heavy atom. The molecule has 23 heavy (non-hydrogen) atoms. The monoisotopic (exact) mass is 330 g/mol. The maximum atomic E-state index is 12.6. The van der Waals surface area contributed by atoms with Gasteiger partial charge in [-0.25, -0.2) is 4.98 Å². The number of hydrogen-bond acceptors (Lipinski definition) is 4. The standard InChI is InChI=1S/C18H22N2O2S/c1-14-13-23-18(19-14)16-9-5-6-10-20(16)17(21)12-22-11-15-7-3-2-4-8-15/h2-4,7-8,13,16H,5-6,9-12H2,1H3. The van der Waals surface area contributed by atoms with E-state index in [4.69, 9.17) is 4.74 Å². The van der Waals surface area contributed by atoms with Crippen LogP contribution in [0.25, 0.3) is 0 Å². The highest BCUT2D eigenvalue weighted by Crippen LogP contribution is 2.32. The van der Waals surface area contributed by atoms with Crippen LogP contribution in [0.1, 0.15) is 41.6 Å². The van der Waals surface area contributed by atoms with Crippen LogP contribution in [0, 0.1) is 6.92 Å². The van der Waals surface area contributed by atoms with E-state index in [1.165, 1.54) is 0 Å². The number of aromatic nitrogens is 1. The minimum absolute atomic E-state index is 0.0680. The molecule has 0 radical (unpaired) electrons.